The normalized spacial score (nSPS) is 21.9. The molecule has 308 valence electrons. The summed E-state index contributed by atoms with van der Waals surface area (Å²) in [6, 6.07) is 19.6. The number of imidazole rings is 2. The van der Waals surface area contributed by atoms with Crippen molar-refractivity contribution < 1.29 is 28.6 Å². The number of benzene rings is 2. The molecular weight excluding hydrogens is 749 g/mol. The molecule has 0 radical (unpaired) electrons. The Balaban J connectivity index is 0.000000426. The molecule has 2 bridgehead atoms. The first-order chi connectivity index (χ1) is 28.7. The lowest BCUT2D eigenvalue weighted by atomic mass is 9.88. The molecule has 9 rings (SSSR count). The predicted molar refractivity (Wildman–Crippen MR) is 220 cm³/mol. The van der Waals surface area contributed by atoms with E-state index in [0.717, 1.165) is 56.9 Å². The van der Waals surface area contributed by atoms with Gasteiger partial charge in [-0.05, 0) is 70.9 Å². The monoisotopic (exact) mass is 800 g/mol. The van der Waals surface area contributed by atoms with Crippen molar-refractivity contribution in [3.63, 3.8) is 0 Å². The molecule has 5 unspecified atom stereocenters. The predicted octanol–water partition coefficient (Wildman–Crippen LogP) is 6.76. The van der Waals surface area contributed by atoms with E-state index in [1.807, 2.05) is 32.2 Å². The molecule has 59 heavy (non-hydrogen) atoms. The lowest BCUT2D eigenvalue weighted by molar-refractivity contribution is -0.153. The number of methoxy groups -OCH3 is 1. The van der Waals surface area contributed by atoms with Crippen LogP contribution in [-0.4, -0.2) is 86.9 Å². The molecule has 2 aromatic carbocycles. The van der Waals surface area contributed by atoms with Crippen molar-refractivity contribution in [3.05, 3.63) is 103 Å². The number of rotatable bonds is 11. The molecule has 2 aliphatic heterocycles. The van der Waals surface area contributed by atoms with Gasteiger partial charge in [0.15, 0.2) is 5.79 Å². The van der Waals surface area contributed by atoms with E-state index in [-0.39, 0.29) is 18.4 Å². The molecule has 2 saturated carbocycles. The highest BCUT2D eigenvalue weighted by Gasteiger charge is 2.52. The van der Waals surface area contributed by atoms with Crippen molar-refractivity contribution >= 4 is 18.4 Å². The highest BCUT2D eigenvalue weighted by atomic mass is 16.7. The number of aromatic amines is 2. The number of alkyl carbamates (subject to hydrolysis) is 1. The van der Waals surface area contributed by atoms with Crippen molar-refractivity contribution in [1.82, 2.24) is 40.5 Å². The molecule has 4 fully saturated rings. The van der Waals surface area contributed by atoms with Gasteiger partial charge in [0.2, 0.25) is 12.3 Å². The summed E-state index contributed by atoms with van der Waals surface area (Å²) in [6.07, 6.45) is 13.1. The van der Waals surface area contributed by atoms with Gasteiger partial charge in [0.1, 0.15) is 17.7 Å². The Morgan fingerprint density at radius 3 is 2.10 bits per heavy atom. The van der Waals surface area contributed by atoms with E-state index in [0.29, 0.717) is 44.3 Å². The molecule has 14 heteroatoms. The number of nitrogens with one attached hydrogen (secondary N) is 4. The van der Waals surface area contributed by atoms with Gasteiger partial charge < -0.3 is 39.7 Å². The number of likely N-dealkylation sites (tertiary alicyclic amines) is 1. The zero-order chi connectivity index (χ0) is 40.9. The Labute approximate surface area is 343 Å². The van der Waals surface area contributed by atoms with Gasteiger partial charge >= 0.3 is 6.09 Å². The van der Waals surface area contributed by atoms with Gasteiger partial charge in [-0.15, -0.1) is 0 Å². The molecule has 4 aliphatic rings. The average molecular weight is 801 g/mol. The zero-order valence-electron chi connectivity index (χ0n) is 33.7. The molecule has 14 nitrogen and oxygen atoms in total. The van der Waals surface area contributed by atoms with Gasteiger partial charge in [0.25, 0.3) is 0 Å². The van der Waals surface area contributed by atoms with Crippen LogP contribution in [0.2, 0.25) is 0 Å². The van der Waals surface area contributed by atoms with Gasteiger partial charge in [-0.25, -0.2) is 14.8 Å². The van der Waals surface area contributed by atoms with Crippen LogP contribution in [0.5, 0.6) is 0 Å². The van der Waals surface area contributed by atoms with Crippen molar-refractivity contribution in [2.75, 3.05) is 26.9 Å². The van der Waals surface area contributed by atoms with Gasteiger partial charge in [0, 0.05) is 31.3 Å². The molecular formula is C45H52N8O6. The molecule has 3 amide bonds. The quantitative estimate of drug-likeness (QED) is 0.105. The first kappa shape index (κ1) is 39.9. The third-order valence-corrected chi connectivity index (χ3v) is 12.2. The standard InChI is InChI=1S/C38H44N6O5.C7H8N2O/c1-22(2)33(43-37(46)47-3)36(45)44-21-38(48-14-15-49-38)18-32(44)35-40-20-31(42-35)27-12-8-25(9-13-27)24-6-10-26(11-7-24)30-19-39-34(41-30)29-17-23-4-5-28(29)16-23;10-6-9-5-7-2-1-3-8-4-7/h6-13,19-20,22-23,28-29,32-33H,4-5,14-18,21H2,1-3H3,(H,39,41)(H,40,42)(H,43,46);1-4,6H,5H2,(H,9,10). The van der Waals surface area contributed by atoms with Crippen LogP contribution < -0.4 is 10.6 Å². The van der Waals surface area contributed by atoms with Crippen LogP contribution in [0.25, 0.3) is 33.6 Å². The fourth-order valence-electron chi connectivity index (χ4n) is 9.15. The number of amides is 3. The second-order valence-electron chi connectivity index (χ2n) is 16.3. The van der Waals surface area contributed by atoms with Crippen LogP contribution in [0.4, 0.5) is 4.79 Å². The summed E-state index contributed by atoms with van der Waals surface area (Å²) in [4.78, 5) is 58.0. The lowest BCUT2D eigenvalue weighted by Gasteiger charge is -2.30. The Bertz CT molecular complexity index is 2200. The van der Waals surface area contributed by atoms with Crippen molar-refractivity contribution in [2.45, 2.75) is 76.3 Å². The third-order valence-electron chi connectivity index (χ3n) is 12.2. The minimum Gasteiger partial charge on any atom is -0.453 e. The van der Waals surface area contributed by atoms with Crippen LogP contribution in [0.3, 0.4) is 0 Å². The highest BCUT2D eigenvalue weighted by molar-refractivity contribution is 5.86. The molecule has 5 atom stereocenters. The van der Waals surface area contributed by atoms with Gasteiger partial charge in [-0.3, -0.25) is 14.6 Å². The number of aromatic nitrogens is 5. The van der Waals surface area contributed by atoms with E-state index in [1.165, 1.54) is 32.8 Å². The van der Waals surface area contributed by atoms with E-state index in [9.17, 15) is 14.4 Å². The van der Waals surface area contributed by atoms with E-state index in [1.54, 1.807) is 23.5 Å². The fraction of sp³-hybridized carbons (Fsp3) is 0.422. The first-order valence-electron chi connectivity index (χ1n) is 20.5. The number of carbonyl (C=O) groups is 3. The van der Waals surface area contributed by atoms with Crippen LogP contribution in [0.15, 0.2) is 85.5 Å². The molecule has 4 N–H and O–H groups in total. The largest absolute Gasteiger partial charge is 0.453 e. The number of H-pyrrole nitrogens is 2. The van der Waals surface area contributed by atoms with Gasteiger partial charge in [-0.1, -0.05) is 74.9 Å². The van der Waals surface area contributed by atoms with Crippen molar-refractivity contribution in [2.24, 2.45) is 17.8 Å². The average Bonchev–Trinajstić information content (AvgIpc) is 4.14. The summed E-state index contributed by atoms with van der Waals surface area (Å²) in [6.45, 7) is 5.50. The van der Waals surface area contributed by atoms with Crippen LogP contribution >= 0.6 is 0 Å². The number of hydrogen-bond donors (Lipinski definition) is 4. The van der Waals surface area contributed by atoms with Crippen LogP contribution in [-0.2, 0) is 30.3 Å². The first-order valence-corrected chi connectivity index (χ1v) is 20.5. The Hall–Kier alpha value is -5.86. The molecule has 3 aromatic heterocycles. The topological polar surface area (TPSA) is 176 Å². The fourth-order valence-corrected chi connectivity index (χ4v) is 9.15. The molecule has 1 spiro atoms. The molecule has 2 saturated heterocycles. The number of fused-ring (bicyclic) bond motifs is 2. The van der Waals surface area contributed by atoms with Gasteiger partial charge in [-0.2, -0.15) is 0 Å². The number of pyridine rings is 1. The van der Waals surface area contributed by atoms with E-state index >= 15 is 0 Å². The van der Waals surface area contributed by atoms with Crippen molar-refractivity contribution in [3.8, 4) is 33.6 Å². The minimum atomic E-state index is -0.896. The number of carbonyl (C=O) groups excluding carboxylic acids is 3. The van der Waals surface area contributed by atoms with E-state index in [2.05, 4.69) is 74.1 Å². The summed E-state index contributed by atoms with van der Waals surface area (Å²) in [7, 11) is 1.29. The summed E-state index contributed by atoms with van der Waals surface area (Å²) in [5, 5.41) is 5.25. The van der Waals surface area contributed by atoms with Crippen LogP contribution in [0, 0.1) is 17.8 Å². The summed E-state index contributed by atoms with van der Waals surface area (Å²) in [5.74, 6) is 2.80. The Morgan fingerprint density at radius 1 is 0.898 bits per heavy atom. The van der Waals surface area contributed by atoms with Crippen molar-refractivity contribution in [1.29, 1.82) is 0 Å². The summed E-state index contributed by atoms with van der Waals surface area (Å²) < 4.78 is 16.8. The summed E-state index contributed by atoms with van der Waals surface area (Å²) >= 11 is 0. The minimum absolute atomic E-state index is 0.161. The number of ether oxygens (including phenoxy) is 3. The maximum Gasteiger partial charge on any atom is 0.407 e. The molecule has 5 heterocycles. The smallest absolute Gasteiger partial charge is 0.407 e. The second-order valence-corrected chi connectivity index (χ2v) is 16.3. The second kappa shape index (κ2) is 17.6. The van der Waals surface area contributed by atoms with Crippen LogP contribution in [0.1, 0.15) is 75.1 Å². The highest BCUT2D eigenvalue weighted by Crippen LogP contribution is 2.52. The third kappa shape index (κ3) is 8.79. The Kier molecular flexibility index (Phi) is 11.9. The SMILES string of the molecule is COC(=O)NC(C(=O)N1CC2(CC1c1ncc(-c3ccc(-c4ccc(-c5cnc(C6CC7CCC6C7)[nH]5)cc4)cc3)[nH]1)OCCO2)C(C)C.O=CNCc1cccnc1. The van der Waals surface area contributed by atoms with E-state index < -0.39 is 24.0 Å². The number of nitrogens with zero attached hydrogens (tertiary/aromatic N) is 4. The molecule has 2 aliphatic carbocycles. The maximum absolute atomic E-state index is 13.9. The maximum atomic E-state index is 13.9. The zero-order valence-corrected chi connectivity index (χ0v) is 33.7. The van der Waals surface area contributed by atoms with E-state index in [4.69, 9.17) is 24.2 Å². The molecule has 5 aromatic rings. The number of hydrogen-bond acceptors (Lipinski definition) is 9. The Morgan fingerprint density at radius 2 is 1.54 bits per heavy atom. The van der Waals surface area contributed by atoms with Gasteiger partial charge in [0.05, 0.1) is 56.7 Å². The lowest BCUT2D eigenvalue weighted by Crippen LogP contribution is -2.52. The summed E-state index contributed by atoms with van der Waals surface area (Å²) in [5.41, 5.74) is 7.31.